The first kappa shape index (κ1) is 16.5. The molecule has 0 bridgehead atoms. The lowest BCUT2D eigenvalue weighted by Crippen LogP contribution is -2.37. The number of benzene rings is 1. The zero-order valence-corrected chi connectivity index (χ0v) is 13.8. The number of hydrogen-bond donors (Lipinski definition) is 2. The summed E-state index contributed by atoms with van der Waals surface area (Å²) < 4.78 is 4.88. The second-order valence-corrected chi connectivity index (χ2v) is 6.48. The van der Waals surface area contributed by atoms with Gasteiger partial charge in [0.15, 0.2) is 0 Å². The molecule has 128 valence electrons. The van der Waals surface area contributed by atoms with Crippen molar-refractivity contribution in [3.8, 4) is 0 Å². The van der Waals surface area contributed by atoms with E-state index in [2.05, 4.69) is 10.6 Å². The van der Waals surface area contributed by atoms with Crippen LogP contribution in [0.5, 0.6) is 0 Å². The second-order valence-electron chi connectivity index (χ2n) is 6.48. The molecule has 2 N–H and O–H groups in total. The molecule has 1 aliphatic carbocycles. The molecule has 1 fully saturated rings. The molecule has 2 atom stereocenters. The number of carbonyl (C=O) groups excluding carboxylic acids is 3. The van der Waals surface area contributed by atoms with Crippen LogP contribution >= 0.6 is 0 Å². The van der Waals surface area contributed by atoms with Crippen LogP contribution in [0.25, 0.3) is 0 Å². The molecule has 6 heteroatoms. The molecule has 24 heavy (non-hydrogen) atoms. The number of hydrogen-bond acceptors (Lipinski definition) is 4. The van der Waals surface area contributed by atoms with Crippen molar-refractivity contribution in [3.63, 3.8) is 0 Å². The Bertz CT molecular complexity index is 671. The van der Waals surface area contributed by atoms with Gasteiger partial charge >= 0.3 is 5.97 Å². The molecular weight excluding hydrogens is 308 g/mol. The molecule has 3 rings (SSSR count). The first-order chi connectivity index (χ1) is 11.6. The van der Waals surface area contributed by atoms with Crippen molar-refractivity contribution in [1.29, 1.82) is 0 Å². The van der Waals surface area contributed by atoms with Crippen molar-refractivity contribution in [1.82, 2.24) is 5.32 Å². The molecule has 6 nitrogen and oxygen atoms in total. The topological polar surface area (TPSA) is 84.5 Å². The SMILES string of the molecule is COC(=O)C1CCCCC1CNC(=O)c1ccc2c(c1)CC(=O)N2. The largest absolute Gasteiger partial charge is 0.469 e. The third-order valence-corrected chi connectivity index (χ3v) is 4.93. The molecule has 0 spiro atoms. The molecule has 1 aliphatic heterocycles. The van der Waals surface area contributed by atoms with Crippen LogP contribution in [0.15, 0.2) is 18.2 Å². The molecule has 1 aromatic rings. The van der Waals surface area contributed by atoms with Crippen molar-refractivity contribution < 1.29 is 19.1 Å². The summed E-state index contributed by atoms with van der Waals surface area (Å²) in [4.78, 5) is 35.6. The van der Waals surface area contributed by atoms with Gasteiger partial charge in [0.1, 0.15) is 0 Å². The Morgan fingerprint density at radius 3 is 2.88 bits per heavy atom. The van der Waals surface area contributed by atoms with E-state index in [0.29, 0.717) is 18.5 Å². The van der Waals surface area contributed by atoms with Gasteiger partial charge in [-0.25, -0.2) is 0 Å². The van der Waals surface area contributed by atoms with E-state index < -0.39 is 0 Å². The summed E-state index contributed by atoms with van der Waals surface area (Å²) in [6.45, 7) is 0.465. The maximum atomic E-state index is 12.4. The van der Waals surface area contributed by atoms with Crippen LogP contribution in [0.1, 0.15) is 41.6 Å². The van der Waals surface area contributed by atoms with Gasteiger partial charge < -0.3 is 15.4 Å². The van der Waals surface area contributed by atoms with Crippen LogP contribution in [0.2, 0.25) is 0 Å². The van der Waals surface area contributed by atoms with Gasteiger partial charge in [-0.3, -0.25) is 14.4 Å². The van der Waals surface area contributed by atoms with Gasteiger partial charge in [-0.1, -0.05) is 12.8 Å². The molecule has 2 unspecified atom stereocenters. The Labute approximate surface area is 140 Å². The quantitative estimate of drug-likeness (QED) is 0.826. The van der Waals surface area contributed by atoms with E-state index in [4.69, 9.17) is 4.74 Å². The number of esters is 1. The highest BCUT2D eigenvalue weighted by molar-refractivity contribution is 6.01. The second kappa shape index (κ2) is 7.03. The molecule has 0 saturated heterocycles. The Kier molecular flexibility index (Phi) is 4.83. The standard InChI is InChI=1S/C18H22N2O4/c1-24-18(23)14-5-3-2-4-12(14)10-19-17(22)11-6-7-15-13(8-11)9-16(21)20-15/h6-8,12,14H,2-5,9-10H2,1H3,(H,19,22)(H,20,21). The van der Waals surface area contributed by atoms with Crippen LogP contribution in [-0.2, 0) is 20.7 Å². The number of amides is 2. The number of anilines is 1. The van der Waals surface area contributed by atoms with E-state index >= 15 is 0 Å². The third kappa shape index (κ3) is 3.42. The third-order valence-electron chi connectivity index (χ3n) is 4.93. The maximum Gasteiger partial charge on any atom is 0.309 e. The number of nitrogens with one attached hydrogen (secondary N) is 2. The molecule has 2 aliphatic rings. The lowest BCUT2D eigenvalue weighted by Gasteiger charge is -2.29. The summed E-state index contributed by atoms with van der Waals surface area (Å²) in [7, 11) is 1.41. The molecule has 0 aromatic heterocycles. The Morgan fingerprint density at radius 2 is 2.08 bits per heavy atom. The van der Waals surface area contributed by atoms with Crippen LogP contribution in [-0.4, -0.2) is 31.4 Å². The predicted octanol–water partition coefficient (Wildman–Crippen LogP) is 1.89. The molecule has 1 aromatic carbocycles. The fourth-order valence-corrected chi connectivity index (χ4v) is 3.61. The number of methoxy groups -OCH3 is 1. The first-order valence-corrected chi connectivity index (χ1v) is 8.37. The van der Waals surface area contributed by atoms with E-state index in [1.54, 1.807) is 18.2 Å². The molecule has 1 heterocycles. The Hall–Kier alpha value is -2.37. The van der Waals surface area contributed by atoms with E-state index in [1.165, 1.54) is 7.11 Å². The van der Waals surface area contributed by atoms with E-state index in [1.807, 2.05) is 0 Å². The smallest absolute Gasteiger partial charge is 0.309 e. The van der Waals surface area contributed by atoms with E-state index in [9.17, 15) is 14.4 Å². The minimum Gasteiger partial charge on any atom is -0.469 e. The lowest BCUT2D eigenvalue weighted by atomic mass is 9.79. The number of fused-ring (bicyclic) bond motifs is 1. The minimum atomic E-state index is -0.184. The first-order valence-electron chi connectivity index (χ1n) is 8.37. The molecule has 0 radical (unpaired) electrons. The lowest BCUT2D eigenvalue weighted by molar-refractivity contribution is -0.148. The van der Waals surface area contributed by atoms with Gasteiger partial charge in [-0.15, -0.1) is 0 Å². The summed E-state index contributed by atoms with van der Waals surface area (Å²) in [5.41, 5.74) is 2.16. The van der Waals surface area contributed by atoms with Gasteiger partial charge in [0.25, 0.3) is 5.91 Å². The van der Waals surface area contributed by atoms with Crippen molar-refractivity contribution in [3.05, 3.63) is 29.3 Å². The fourth-order valence-electron chi connectivity index (χ4n) is 3.61. The summed E-state index contributed by atoms with van der Waals surface area (Å²) in [5.74, 6) is -0.424. The molecule has 2 amide bonds. The minimum absolute atomic E-state index is 0.0503. The van der Waals surface area contributed by atoms with Gasteiger partial charge in [0.2, 0.25) is 5.91 Å². The van der Waals surface area contributed by atoms with Crippen LogP contribution in [0, 0.1) is 11.8 Å². The summed E-state index contributed by atoms with van der Waals surface area (Å²) in [6, 6.07) is 5.21. The van der Waals surface area contributed by atoms with E-state index in [-0.39, 0.29) is 29.6 Å². The normalized spacial score (nSPS) is 22.5. The zero-order valence-electron chi connectivity index (χ0n) is 13.8. The van der Waals surface area contributed by atoms with Crippen LogP contribution in [0.3, 0.4) is 0 Å². The van der Waals surface area contributed by atoms with E-state index in [0.717, 1.165) is 36.9 Å². The van der Waals surface area contributed by atoms with Gasteiger partial charge in [0, 0.05) is 17.8 Å². The summed E-state index contributed by atoms with van der Waals surface area (Å²) in [6.07, 6.45) is 4.14. The zero-order chi connectivity index (χ0) is 17.1. The molecule has 1 saturated carbocycles. The summed E-state index contributed by atoms with van der Waals surface area (Å²) in [5, 5.41) is 5.68. The predicted molar refractivity (Wildman–Crippen MR) is 88.6 cm³/mol. The van der Waals surface area contributed by atoms with Crippen LogP contribution in [0.4, 0.5) is 5.69 Å². The maximum absolute atomic E-state index is 12.4. The highest BCUT2D eigenvalue weighted by Crippen LogP contribution is 2.30. The molecular formula is C18H22N2O4. The summed E-state index contributed by atoms with van der Waals surface area (Å²) >= 11 is 0. The van der Waals surface area contributed by atoms with Crippen molar-refractivity contribution in [2.75, 3.05) is 19.0 Å². The Morgan fingerprint density at radius 1 is 1.29 bits per heavy atom. The fraction of sp³-hybridized carbons (Fsp3) is 0.500. The highest BCUT2D eigenvalue weighted by Gasteiger charge is 2.32. The van der Waals surface area contributed by atoms with Gasteiger partial charge in [-0.05, 0) is 42.5 Å². The number of ether oxygens (including phenoxy) is 1. The highest BCUT2D eigenvalue weighted by atomic mass is 16.5. The Balaban J connectivity index is 1.62. The van der Waals surface area contributed by atoms with Crippen molar-refractivity contribution in [2.24, 2.45) is 11.8 Å². The van der Waals surface area contributed by atoms with Crippen molar-refractivity contribution >= 4 is 23.5 Å². The van der Waals surface area contributed by atoms with Crippen molar-refractivity contribution in [2.45, 2.75) is 32.1 Å². The average molecular weight is 330 g/mol. The monoisotopic (exact) mass is 330 g/mol. The van der Waals surface area contributed by atoms with Crippen LogP contribution < -0.4 is 10.6 Å². The van der Waals surface area contributed by atoms with Gasteiger partial charge in [-0.2, -0.15) is 0 Å². The van der Waals surface area contributed by atoms with Gasteiger partial charge in [0.05, 0.1) is 19.4 Å². The number of carbonyl (C=O) groups is 3. The average Bonchev–Trinajstić information content (AvgIpc) is 2.98. The number of rotatable bonds is 4.